The molecule has 4 heteroatoms. The molecule has 0 fully saturated rings. The SMILES string of the molecule is CCc1nccn1-c1ccc(CO)cc1C#N. The highest BCUT2D eigenvalue weighted by molar-refractivity contribution is 5.51. The van der Waals surface area contributed by atoms with Crippen molar-refractivity contribution in [3.63, 3.8) is 0 Å². The lowest BCUT2D eigenvalue weighted by molar-refractivity contribution is 0.282. The minimum absolute atomic E-state index is 0.0560. The Morgan fingerprint density at radius 1 is 1.47 bits per heavy atom. The van der Waals surface area contributed by atoms with E-state index in [1.54, 1.807) is 12.3 Å². The van der Waals surface area contributed by atoms with Crippen LogP contribution in [0, 0.1) is 11.3 Å². The smallest absolute Gasteiger partial charge is 0.112 e. The molecule has 1 heterocycles. The maximum Gasteiger partial charge on any atom is 0.112 e. The van der Waals surface area contributed by atoms with Gasteiger partial charge in [0.25, 0.3) is 0 Å². The molecule has 0 saturated carbocycles. The molecule has 0 aliphatic heterocycles. The topological polar surface area (TPSA) is 61.8 Å². The molecule has 0 bridgehead atoms. The summed E-state index contributed by atoms with van der Waals surface area (Å²) in [5.41, 5.74) is 2.09. The van der Waals surface area contributed by atoms with E-state index >= 15 is 0 Å². The van der Waals surface area contributed by atoms with Crippen LogP contribution in [0.5, 0.6) is 0 Å². The summed E-state index contributed by atoms with van der Waals surface area (Å²) in [6, 6.07) is 7.51. The molecule has 0 atom stereocenters. The molecule has 86 valence electrons. The molecule has 2 rings (SSSR count). The Kier molecular flexibility index (Phi) is 3.22. The number of rotatable bonds is 3. The first-order valence-electron chi connectivity index (χ1n) is 5.46. The van der Waals surface area contributed by atoms with Gasteiger partial charge in [0.2, 0.25) is 0 Å². The predicted octanol–water partition coefficient (Wildman–Crippen LogP) is 1.80. The van der Waals surface area contributed by atoms with Crippen LogP contribution < -0.4 is 0 Å². The van der Waals surface area contributed by atoms with E-state index in [2.05, 4.69) is 11.1 Å². The highest BCUT2D eigenvalue weighted by atomic mass is 16.3. The van der Waals surface area contributed by atoms with E-state index in [9.17, 15) is 0 Å². The second-order valence-electron chi connectivity index (χ2n) is 3.69. The van der Waals surface area contributed by atoms with Crippen molar-refractivity contribution in [2.45, 2.75) is 20.0 Å². The number of aromatic nitrogens is 2. The third kappa shape index (κ3) is 2.05. The Morgan fingerprint density at radius 3 is 2.94 bits per heavy atom. The molecular formula is C13H13N3O. The number of hydrogen-bond donors (Lipinski definition) is 1. The molecule has 17 heavy (non-hydrogen) atoms. The second-order valence-corrected chi connectivity index (χ2v) is 3.69. The lowest BCUT2D eigenvalue weighted by Gasteiger charge is -2.09. The molecule has 1 N–H and O–H groups in total. The van der Waals surface area contributed by atoms with Crippen LogP contribution in [0.1, 0.15) is 23.9 Å². The van der Waals surface area contributed by atoms with Crippen molar-refractivity contribution < 1.29 is 5.11 Å². The Hall–Kier alpha value is -2.12. The van der Waals surface area contributed by atoms with Gasteiger partial charge in [0.1, 0.15) is 11.9 Å². The number of benzene rings is 1. The molecule has 0 aliphatic carbocycles. The van der Waals surface area contributed by atoms with Crippen molar-refractivity contribution in [1.82, 2.24) is 9.55 Å². The van der Waals surface area contributed by atoms with Crippen LogP contribution in [-0.2, 0) is 13.0 Å². The number of nitrogens with zero attached hydrogens (tertiary/aromatic N) is 3. The predicted molar refractivity (Wildman–Crippen MR) is 63.6 cm³/mol. The number of aliphatic hydroxyl groups is 1. The lowest BCUT2D eigenvalue weighted by Crippen LogP contribution is -2.02. The van der Waals surface area contributed by atoms with Crippen molar-refractivity contribution in [2.24, 2.45) is 0 Å². The average molecular weight is 227 g/mol. The van der Waals surface area contributed by atoms with Gasteiger partial charge in [-0.2, -0.15) is 5.26 Å². The van der Waals surface area contributed by atoms with Crippen LogP contribution in [0.15, 0.2) is 30.6 Å². The fourth-order valence-electron chi connectivity index (χ4n) is 1.80. The molecule has 1 aromatic carbocycles. The van der Waals surface area contributed by atoms with Crippen LogP contribution >= 0.6 is 0 Å². The maximum absolute atomic E-state index is 9.14. The normalized spacial score (nSPS) is 10.2. The highest BCUT2D eigenvalue weighted by Gasteiger charge is 2.08. The molecule has 0 amide bonds. The molecule has 0 saturated heterocycles. The Bertz CT molecular complexity index is 566. The van der Waals surface area contributed by atoms with E-state index in [1.165, 1.54) is 0 Å². The molecular weight excluding hydrogens is 214 g/mol. The van der Waals surface area contributed by atoms with Crippen LogP contribution in [0.3, 0.4) is 0 Å². The molecule has 0 spiro atoms. The van der Waals surface area contributed by atoms with Gasteiger partial charge in [0.15, 0.2) is 0 Å². The zero-order valence-electron chi connectivity index (χ0n) is 9.59. The van der Waals surface area contributed by atoms with E-state index in [0.717, 1.165) is 23.5 Å². The molecule has 1 aromatic heterocycles. The second kappa shape index (κ2) is 4.81. The van der Waals surface area contributed by atoms with Gasteiger partial charge in [-0.15, -0.1) is 0 Å². The van der Waals surface area contributed by atoms with Crippen LogP contribution in [0.2, 0.25) is 0 Å². The van der Waals surface area contributed by atoms with Gasteiger partial charge in [-0.1, -0.05) is 13.0 Å². The van der Waals surface area contributed by atoms with E-state index < -0.39 is 0 Å². The minimum atomic E-state index is -0.0560. The summed E-state index contributed by atoms with van der Waals surface area (Å²) >= 11 is 0. The highest BCUT2D eigenvalue weighted by Crippen LogP contribution is 2.18. The van der Waals surface area contributed by atoms with Crippen LogP contribution in [0.25, 0.3) is 5.69 Å². The minimum Gasteiger partial charge on any atom is -0.392 e. The molecule has 0 aliphatic rings. The van der Waals surface area contributed by atoms with Gasteiger partial charge in [0, 0.05) is 18.8 Å². The Labute approximate surface area is 99.8 Å². The Morgan fingerprint density at radius 2 is 2.29 bits per heavy atom. The number of imidazole rings is 1. The van der Waals surface area contributed by atoms with Crippen molar-refractivity contribution in [2.75, 3.05) is 0 Å². The number of nitriles is 1. The van der Waals surface area contributed by atoms with E-state index in [1.807, 2.05) is 29.8 Å². The van der Waals surface area contributed by atoms with Gasteiger partial charge in [-0.3, -0.25) is 0 Å². The molecule has 4 nitrogen and oxygen atoms in total. The summed E-state index contributed by atoms with van der Waals surface area (Å²) in [6.45, 7) is 1.96. The summed E-state index contributed by atoms with van der Waals surface area (Å²) in [5, 5.41) is 18.2. The Balaban J connectivity index is 2.56. The summed E-state index contributed by atoms with van der Waals surface area (Å²) in [6.07, 6.45) is 4.37. The molecule has 2 aromatic rings. The first-order valence-corrected chi connectivity index (χ1v) is 5.46. The van der Waals surface area contributed by atoms with Crippen molar-refractivity contribution in [3.8, 4) is 11.8 Å². The molecule has 0 unspecified atom stereocenters. The van der Waals surface area contributed by atoms with Crippen molar-refractivity contribution in [1.29, 1.82) is 5.26 Å². The van der Waals surface area contributed by atoms with E-state index in [0.29, 0.717) is 5.56 Å². The van der Waals surface area contributed by atoms with E-state index in [4.69, 9.17) is 10.4 Å². The maximum atomic E-state index is 9.14. The number of aryl methyl sites for hydroxylation is 1. The first kappa shape index (κ1) is 11.4. The zero-order chi connectivity index (χ0) is 12.3. The van der Waals surface area contributed by atoms with Crippen LogP contribution in [-0.4, -0.2) is 14.7 Å². The number of hydrogen-bond acceptors (Lipinski definition) is 3. The van der Waals surface area contributed by atoms with Gasteiger partial charge >= 0.3 is 0 Å². The van der Waals surface area contributed by atoms with Gasteiger partial charge < -0.3 is 9.67 Å². The van der Waals surface area contributed by atoms with E-state index in [-0.39, 0.29) is 6.61 Å². The van der Waals surface area contributed by atoms with Gasteiger partial charge in [-0.25, -0.2) is 4.98 Å². The fraction of sp³-hybridized carbons (Fsp3) is 0.231. The van der Waals surface area contributed by atoms with Crippen LogP contribution in [0.4, 0.5) is 0 Å². The quantitative estimate of drug-likeness (QED) is 0.869. The first-order chi connectivity index (χ1) is 8.30. The summed E-state index contributed by atoms with van der Waals surface area (Å²) in [4.78, 5) is 4.23. The number of aliphatic hydroxyl groups excluding tert-OH is 1. The average Bonchev–Trinajstić information content (AvgIpc) is 2.85. The summed E-state index contributed by atoms with van der Waals surface area (Å²) in [5.74, 6) is 0.915. The third-order valence-corrected chi connectivity index (χ3v) is 2.66. The lowest BCUT2D eigenvalue weighted by atomic mass is 10.1. The van der Waals surface area contributed by atoms with Crippen molar-refractivity contribution >= 4 is 0 Å². The zero-order valence-corrected chi connectivity index (χ0v) is 9.59. The fourth-order valence-corrected chi connectivity index (χ4v) is 1.80. The largest absolute Gasteiger partial charge is 0.392 e. The van der Waals surface area contributed by atoms with Gasteiger partial charge in [-0.05, 0) is 17.7 Å². The van der Waals surface area contributed by atoms with Gasteiger partial charge in [0.05, 0.1) is 17.9 Å². The summed E-state index contributed by atoms with van der Waals surface area (Å²) < 4.78 is 1.90. The molecule has 0 radical (unpaired) electrons. The third-order valence-electron chi connectivity index (χ3n) is 2.66. The van der Waals surface area contributed by atoms with Crippen molar-refractivity contribution in [3.05, 3.63) is 47.5 Å². The monoisotopic (exact) mass is 227 g/mol. The standard InChI is InChI=1S/C13H13N3O/c1-2-13-15-5-6-16(13)12-4-3-10(9-17)7-11(12)8-14/h3-7,17H,2,9H2,1H3. The summed E-state index contributed by atoms with van der Waals surface area (Å²) in [7, 11) is 0.